The molecule has 3 rings (SSSR count). The molecule has 0 saturated carbocycles. The lowest BCUT2D eigenvalue weighted by atomic mass is 10.1. The highest BCUT2D eigenvalue weighted by molar-refractivity contribution is 9.10. The Kier molecular flexibility index (Phi) is 6.91. The maximum absolute atomic E-state index is 12.4. The van der Waals surface area contributed by atoms with Gasteiger partial charge in [-0.2, -0.15) is 0 Å². The zero-order chi connectivity index (χ0) is 22.5. The molecule has 1 heterocycles. The number of hydrogen-bond acceptors (Lipinski definition) is 6. The van der Waals surface area contributed by atoms with Crippen LogP contribution in [0.4, 0.5) is 10.5 Å². The van der Waals surface area contributed by atoms with Crippen LogP contribution >= 0.6 is 15.9 Å². The maximum atomic E-state index is 12.4. The van der Waals surface area contributed by atoms with Gasteiger partial charge in [-0.05, 0) is 63.8 Å². The lowest BCUT2D eigenvalue weighted by molar-refractivity contribution is -0.384. The number of nitro benzene ring substituents is 1. The predicted octanol–water partition coefficient (Wildman–Crippen LogP) is 4.25. The fourth-order valence-corrected chi connectivity index (χ4v) is 3.57. The Labute approximate surface area is 186 Å². The molecule has 1 aliphatic rings. The second-order valence-electron chi connectivity index (χ2n) is 6.69. The van der Waals surface area contributed by atoms with Crippen molar-refractivity contribution in [1.29, 1.82) is 0 Å². The van der Waals surface area contributed by atoms with Crippen LogP contribution in [0.25, 0.3) is 6.08 Å². The Hall–Kier alpha value is -3.40. The highest BCUT2D eigenvalue weighted by Crippen LogP contribution is 2.38. The number of imide groups is 1. The lowest BCUT2D eigenvalue weighted by Crippen LogP contribution is -2.31. The number of amides is 3. The minimum absolute atomic E-state index is 0.00551. The van der Waals surface area contributed by atoms with E-state index in [9.17, 15) is 19.7 Å². The summed E-state index contributed by atoms with van der Waals surface area (Å²) in [5.74, 6) is 0.489. The minimum atomic E-state index is -0.462. The van der Waals surface area contributed by atoms with E-state index in [-0.39, 0.29) is 23.9 Å². The van der Waals surface area contributed by atoms with Gasteiger partial charge >= 0.3 is 6.03 Å². The van der Waals surface area contributed by atoms with E-state index < -0.39 is 11.0 Å². The number of non-ortho nitro benzene ring substituents is 1. The van der Waals surface area contributed by atoms with E-state index in [2.05, 4.69) is 21.2 Å². The minimum Gasteiger partial charge on any atom is -0.493 e. The summed E-state index contributed by atoms with van der Waals surface area (Å²) in [4.78, 5) is 35.8. The predicted molar refractivity (Wildman–Crippen MR) is 117 cm³/mol. The molecule has 162 valence electrons. The van der Waals surface area contributed by atoms with Crippen LogP contribution in [0.3, 0.4) is 0 Å². The van der Waals surface area contributed by atoms with Gasteiger partial charge in [0.1, 0.15) is 12.3 Å². The van der Waals surface area contributed by atoms with Crippen molar-refractivity contribution in [3.05, 3.63) is 67.8 Å². The average molecular weight is 490 g/mol. The van der Waals surface area contributed by atoms with Crippen molar-refractivity contribution in [2.24, 2.45) is 0 Å². The maximum Gasteiger partial charge on any atom is 0.329 e. The summed E-state index contributed by atoms with van der Waals surface area (Å²) in [6.07, 6.45) is 2.25. The smallest absolute Gasteiger partial charge is 0.329 e. The van der Waals surface area contributed by atoms with E-state index in [1.54, 1.807) is 30.3 Å². The van der Waals surface area contributed by atoms with E-state index in [0.717, 1.165) is 5.56 Å². The highest BCUT2D eigenvalue weighted by atomic mass is 79.9. The number of halogens is 1. The molecule has 0 aliphatic carbocycles. The van der Waals surface area contributed by atoms with Gasteiger partial charge in [-0.1, -0.05) is 6.92 Å². The van der Waals surface area contributed by atoms with Crippen LogP contribution in [0.1, 0.15) is 24.5 Å². The molecular weight excluding hydrogens is 470 g/mol. The third-order valence-electron chi connectivity index (χ3n) is 4.50. The van der Waals surface area contributed by atoms with Crippen LogP contribution in [-0.2, 0) is 11.4 Å². The van der Waals surface area contributed by atoms with Gasteiger partial charge in [-0.15, -0.1) is 0 Å². The number of carbonyl (C=O) groups excluding carboxylic acids is 2. The van der Waals surface area contributed by atoms with Crippen molar-refractivity contribution < 1.29 is 24.0 Å². The van der Waals surface area contributed by atoms with Crippen LogP contribution in [0.2, 0.25) is 0 Å². The summed E-state index contributed by atoms with van der Waals surface area (Å²) in [5.41, 5.74) is 1.58. The molecule has 9 nitrogen and oxygen atoms in total. The summed E-state index contributed by atoms with van der Waals surface area (Å²) >= 11 is 3.45. The van der Waals surface area contributed by atoms with Crippen molar-refractivity contribution in [1.82, 2.24) is 10.2 Å². The molecule has 1 fully saturated rings. The Morgan fingerprint density at radius 3 is 2.55 bits per heavy atom. The van der Waals surface area contributed by atoms with Gasteiger partial charge < -0.3 is 14.8 Å². The number of urea groups is 1. The van der Waals surface area contributed by atoms with Gasteiger partial charge in [-0.3, -0.25) is 19.8 Å². The molecule has 0 radical (unpaired) electrons. The van der Waals surface area contributed by atoms with Crippen LogP contribution in [-0.4, -0.2) is 35.4 Å². The van der Waals surface area contributed by atoms with Crippen molar-refractivity contribution in [3.63, 3.8) is 0 Å². The van der Waals surface area contributed by atoms with Gasteiger partial charge in [0.05, 0.1) is 16.5 Å². The number of nitro groups is 1. The van der Waals surface area contributed by atoms with Crippen LogP contribution in [0, 0.1) is 10.1 Å². The molecule has 10 heteroatoms. The van der Waals surface area contributed by atoms with Crippen LogP contribution in [0.5, 0.6) is 11.5 Å². The first-order valence-electron chi connectivity index (χ1n) is 9.42. The zero-order valence-corrected chi connectivity index (χ0v) is 18.5. The average Bonchev–Trinajstić information content (AvgIpc) is 3.00. The van der Waals surface area contributed by atoms with E-state index >= 15 is 0 Å². The molecular formula is C21H20BrN3O6. The SMILES string of the molecule is CCCN1C(=O)N/C(=C/c2cc(Br)c(OCc3ccc([N+](=O)[O-])cc3)c(OC)c2)C1=O. The number of ether oxygens (including phenoxy) is 2. The first-order chi connectivity index (χ1) is 14.8. The second kappa shape index (κ2) is 9.61. The van der Waals surface area contributed by atoms with Gasteiger partial charge in [0.15, 0.2) is 11.5 Å². The number of nitrogens with zero attached hydrogens (tertiary/aromatic N) is 2. The number of nitrogens with one attached hydrogen (secondary N) is 1. The molecule has 2 aromatic rings. The molecule has 0 bridgehead atoms. The summed E-state index contributed by atoms with van der Waals surface area (Å²) in [5, 5.41) is 13.3. The Bertz CT molecular complexity index is 1050. The lowest BCUT2D eigenvalue weighted by Gasteiger charge is -2.14. The number of benzene rings is 2. The monoisotopic (exact) mass is 489 g/mol. The van der Waals surface area contributed by atoms with Crippen molar-refractivity contribution in [2.45, 2.75) is 20.0 Å². The zero-order valence-electron chi connectivity index (χ0n) is 16.9. The van der Waals surface area contributed by atoms with Gasteiger partial charge in [0.2, 0.25) is 0 Å². The van der Waals surface area contributed by atoms with Crippen LogP contribution < -0.4 is 14.8 Å². The summed E-state index contributed by atoms with van der Waals surface area (Å²) < 4.78 is 11.9. The summed E-state index contributed by atoms with van der Waals surface area (Å²) in [7, 11) is 1.49. The first-order valence-corrected chi connectivity index (χ1v) is 10.2. The fourth-order valence-electron chi connectivity index (χ4n) is 3.00. The quantitative estimate of drug-likeness (QED) is 0.256. The standard InChI is InChI=1S/C21H20BrN3O6/c1-3-8-24-20(26)17(23-21(24)27)10-14-9-16(22)19(18(11-14)30-2)31-12-13-4-6-15(7-5-13)25(28)29/h4-7,9-11H,3,8,12H2,1-2H3,(H,23,27)/b17-10+. The third-order valence-corrected chi connectivity index (χ3v) is 5.09. The van der Waals surface area contributed by atoms with E-state index in [4.69, 9.17) is 9.47 Å². The van der Waals surface area contributed by atoms with E-state index in [0.29, 0.717) is 34.5 Å². The van der Waals surface area contributed by atoms with Crippen molar-refractivity contribution in [2.75, 3.05) is 13.7 Å². The second-order valence-corrected chi connectivity index (χ2v) is 7.55. The molecule has 0 unspecified atom stereocenters. The van der Waals surface area contributed by atoms with Crippen LogP contribution in [0.15, 0.2) is 46.6 Å². The molecule has 0 atom stereocenters. The van der Waals surface area contributed by atoms with Crippen molar-refractivity contribution >= 4 is 39.6 Å². The van der Waals surface area contributed by atoms with Crippen molar-refractivity contribution in [3.8, 4) is 11.5 Å². The Morgan fingerprint density at radius 2 is 1.94 bits per heavy atom. The first kappa shape index (κ1) is 22.3. The number of hydrogen-bond donors (Lipinski definition) is 1. The topological polar surface area (TPSA) is 111 Å². The molecule has 3 amide bonds. The summed E-state index contributed by atoms with van der Waals surface area (Å²) in [6.45, 7) is 2.41. The molecule has 0 aromatic heterocycles. The molecule has 31 heavy (non-hydrogen) atoms. The van der Waals surface area contributed by atoms with E-state index in [1.165, 1.54) is 24.1 Å². The Morgan fingerprint density at radius 1 is 1.23 bits per heavy atom. The molecule has 2 aromatic carbocycles. The number of methoxy groups -OCH3 is 1. The number of rotatable bonds is 8. The molecule has 1 N–H and O–H groups in total. The highest BCUT2D eigenvalue weighted by Gasteiger charge is 2.32. The molecule has 1 saturated heterocycles. The molecule has 1 aliphatic heterocycles. The largest absolute Gasteiger partial charge is 0.493 e. The van der Waals surface area contributed by atoms with Gasteiger partial charge in [0, 0.05) is 18.7 Å². The Balaban J connectivity index is 1.79. The third kappa shape index (κ3) is 5.02. The number of carbonyl (C=O) groups is 2. The van der Waals surface area contributed by atoms with Gasteiger partial charge in [0.25, 0.3) is 11.6 Å². The normalized spacial score (nSPS) is 14.7. The fraction of sp³-hybridized carbons (Fsp3) is 0.238. The van der Waals surface area contributed by atoms with E-state index in [1.807, 2.05) is 6.92 Å². The van der Waals surface area contributed by atoms with Gasteiger partial charge in [-0.25, -0.2) is 4.79 Å². The summed E-state index contributed by atoms with van der Waals surface area (Å²) in [6, 6.07) is 9.05. The molecule has 0 spiro atoms.